The topological polar surface area (TPSA) is 20.2 Å². The van der Waals surface area contributed by atoms with Gasteiger partial charge in [0.1, 0.15) is 0 Å². The van der Waals surface area contributed by atoms with Crippen LogP contribution in [0.25, 0.3) is 0 Å². The van der Waals surface area contributed by atoms with Gasteiger partial charge in [-0.25, -0.2) is 0 Å². The van der Waals surface area contributed by atoms with Crippen molar-refractivity contribution in [1.29, 1.82) is 0 Å². The molecular formula is C23H38O. The smallest absolute Gasteiger partial charge is 0.0622 e. The van der Waals surface area contributed by atoms with Crippen LogP contribution >= 0.6 is 0 Å². The number of hydrogen-bond acceptors (Lipinski definition) is 1. The molecule has 9 atom stereocenters. The van der Waals surface area contributed by atoms with Crippen LogP contribution in [0.2, 0.25) is 0 Å². The number of hydrogen-bond donors (Lipinski definition) is 1. The fourth-order valence-corrected chi connectivity index (χ4v) is 8.21. The summed E-state index contributed by atoms with van der Waals surface area (Å²) in [5.74, 6) is 6.07. The second-order valence-corrected chi connectivity index (χ2v) is 10.7. The summed E-state index contributed by atoms with van der Waals surface area (Å²) in [6.07, 6.45) is 10.5. The molecule has 0 radical (unpaired) electrons. The third kappa shape index (κ3) is 2.44. The second kappa shape index (κ2) is 5.60. The van der Waals surface area contributed by atoms with Crippen LogP contribution in [0.15, 0.2) is 12.2 Å². The predicted molar refractivity (Wildman–Crippen MR) is 101 cm³/mol. The molecule has 4 rings (SSSR count). The number of aliphatic hydroxyl groups is 1. The van der Waals surface area contributed by atoms with E-state index < -0.39 is 5.60 Å². The molecule has 4 saturated carbocycles. The Bertz CT molecular complexity index is 520. The Kier molecular flexibility index (Phi) is 4.00. The van der Waals surface area contributed by atoms with Gasteiger partial charge in [-0.1, -0.05) is 26.0 Å². The average Bonchev–Trinajstić information content (AvgIpc) is 2.85. The summed E-state index contributed by atoms with van der Waals surface area (Å²) >= 11 is 0. The van der Waals surface area contributed by atoms with Crippen molar-refractivity contribution in [2.75, 3.05) is 0 Å². The molecule has 1 N–H and O–H groups in total. The molecule has 0 amide bonds. The largest absolute Gasteiger partial charge is 0.390 e. The first kappa shape index (κ1) is 17.1. The van der Waals surface area contributed by atoms with Crippen LogP contribution in [0.4, 0.5) is 0 Å². The van der Waals surface area contributed by atoms with Crippen LogP contribution in [0.3, 0.4) is 0 Å². The van der Waals surface area contributed by atoms with Gasteiger partial charge in [0.15, 0.2) is 0 Å². The van der Waals surface area contributed by atoms with E-state index in [1.54, 1.807) is 0 Å². The van der Waals surface area contributed by atoms with Crippen LogP contribution in [0.1, 0.15) is 79.1 Å². The summed E-state index contributed by atoms with van der Waals surface area (Å²) in [5, 5.41) is 10.6. The van der Waals surface area contributed by atoms with E-state index in [9.17, 15) is 5.11 Å². The summed E-state index contributed by atoms with van der Waals surface area (Å²) in [6.45, 7) is 13.8. The maximum absolute atomic E-state index is 10.6. The highest BCUT2D eigenvalue weighted by atomic mass is 16.3. The minimum atomic E-state index is -0.399. The molecule has 0 spiro atoms. The minimum Gasteiger partial charge on any atom is -0.390 e. The van der Waals surface area contributed by atoms with Crippen molar-refractivity contribution in [2.24, 2.45) is 46.8 Å². The van der Waals surface area contributed by atoms with Crippen molar-refractivity contribution in [3.8, 4) is 0 Å². The summed E-state index contributed by atoms with van der Waals surface area (Å²) < 4.78 is 0. The molecule has 0 saturated heterocycles. The van der Waals surface area contributed by atoms with E-state index in [-0.39, 0.29) is 0 Å². The zero-order chi connectivity index (χ0) is 17.3. The summed E-state index contributed by atoms with van der Waals surface area (Å²) in [5.41, 5.74) is 1.57. The second-order valence-electron chi connectivity index (χ2n) is 10.7. The first-order valence-electron chi connectivity index (χ1n) is 10.6. The molecule has 0 bridgehead atoms. The third-order valence-electron chi connectivity index (χ3n) is 9.25. The van der Waals surface area contributed by atoms with Gasteiger partial charge in [-0.15, -0.1) is 0 Å². The average molecular weight is 331 g/mol. The number of allylic oxidation sites excluding steroid dienone is 1. The van der Waals surface area contributed by atoms with Crippen LogP contribution in [0, 0.1) is 46.8 Å². The predicted octanol–water partition coefficient (Wildman–Crippen LogP) is 5.83. The van der Waals surface area contributed by atoms with Crippen molar-refractivity contribution in [3.63, 3.8) is 0 Å². The van der Waals surface area contributed by atoms with Gasteiger partial charge in [-0.2, -0.15) is 0 Å². The summed E-state index contributed by atoms with van der Waals surface area (Å²) in [7, 11) is 0. The van der Waals surface area contributed by atoms with E-state index in [1.807, 2.05) is 0 Å². The maximum atomic E-state index is 10.6. The first-order valence-corrected chi connectivity index (χ1v) is 10.6. The van der Waals surface area contributed by atoms with E-state index >= 15 is 0 Å². The summed E-state index contributed by atoms with van der Waals surface area (Å²) in [6, 6.07) is 0. The molecule has 1 nitrogen and oxygen atoms in total. The molecule has 0 aliphatic heterocycles. The van der Waals surface area contributed by atoms with Gasteiger partial charge in [-0.3, -0.25) is 0 Å². The van der Waals surface area contributed by atoms with Crippen LogP contribution in [-0.2, 0) is 0 Å². The lowest BCUT2D eigenvalue weighted by Crippen LogP contribution is -2.52. The molecular weight excluding hydrogens is 292 g/mol. The molecule has 0 aromatic carbocycles. The molecule has 0 unspecified atom stereocenters. The van der Waals surface area contributed by atoms with Crippen LogP contribution in [-0.4, -0.2) is 10.7 Å². The van der Waals surface area contributed by atoms with Gasteiger partial charge in [-0.05, 0) is 112 Å². The van der Waals surface area contributed by atoms with Crippen molar-refractivity contribution < 1.29 is 5.11 Å². The highest BCUT2D eigenvalue weighted by molar-refractivity contribution is 5.14. The first-order chi connectivity index (χ1) is 11.2. The van der Waals surface area contributed by atoms with Gasteiger partial charge in [0.25, 0.3) is 0 Å². The molecule has 136 valence electrons. The van der Waals surface area contributed by atoms with E-state index in [2.05, 4.69) is 34.3 Å². The maximum Gasteiger partial charge on any atom is 0.0622 e. The Balaban J connectivity index is 1.60. The minimum absolute atomic E-state index is 0.399. The Hall–Kier alpha value is -0.300. The van der Waals surface area contributed by atoms with Crippen LogP contribution in [0.5, 0.6) is 0 Å². The number of fused-ring (bicyclic) bond motifs is 5. The monoisotopic (exact) mass is 330 g/mol. The molecule has 4 aliphatic rings. The lowest BCUT2D eigenvalue weighted by molar-refractivity contribution is -0.117. The zero-order valence-electron chi connectivity index (χ0n) is 16.4. The van der Waals surface area contributed by atoms with Gasteiger partial charge in [0, 0.05) is 0 Å². The SMILES string of the molecule is C=C(C)[C@H]1CC[C@H]2[C@@H]3C[C@@H](C)[C@H]4C[C@@](C)(O)CC[C@@H]4[C@H]3CC[C@]12C. The highest BCUT2D eigenvalue weighted by Gasteiger charge is 2.58. The quantitative estimate of drug-likeness (QED) is 0.600. The van der Waals surface area contributed by atoms with Gasteiger partial charge < -0.3 is 5.11 Å². The van der Waals surface area contributed by atoms with E-state index in [0.717, 1.165) is 54.3 Å². The van der Waals surface area contributed by atoms with Crippen molar-refractivity contribution in [2.45, 2.75) is 84.7 Å². The van der Waals surface area contributed by atoms with Crippen molar-refractivity contribution in [3.05, 3.63) is 12.2 Å². The van der Waals surface area contributed by atoms with Gasteiger partial charge in [0.2, 0.25) is 0 Å². The van der Waals surface area contributed by atoms with Crippen LogP contribution < -0.4 is 0 Å². The van der Waals surface area contributed by atoms with E-state index in [1.165, 1.54) is 44.1 Å². The lowest BCUT2D eigenvalue weighted by Gasteiger charge is -2.58. The molecule has 0 aromatic rings. The van der Waals surface area contributed by atoms with Gasteiger partial charge in [0.05, 0.1) is 5.60 Å². The Labute approximate surface area is 149 Å². The molecule has 24 heavy (non-hydrogen) atoms. The van der Waals surface area contributed by atoms with E-state index in [0.29, 0.717) is 5.41 Å². The van der Waals surface area contributed by atoms with E-state index in [4.69, 9.17) is 0 Å². The third-order valence-corrected chi connectivity index (χ3v) is 9.25. The fraction of sp³-hybridized carbons (Fsp3) is 0.913. The Morgan fingerprint density at radius 1 is 0.958 bits per heavy atom. The molecule has 4 aliphatic carbocycles. The Morgan fingerprint density at radius 2 is 1.62 bits per heavy atom. The van der Waals surface area contributed by atoms with Gasteiger partial charge >= 0.3 is 0 Å². The van der Waals surface area contributed by atoms with Crippen molar-refractivity contribution >= 4 is 0 Å². The summed E-state index contributed by atoms with van der Waals surface area (Å²) in [4.78, 5) is 0. The molecule has 4 fully saturated rings. The lowest BCUT2D eigenvalue weighted by atomic mass is 9.47. The Morgan fingerprint density at radius 3 is 2.33 bits per heavy atom. The van der Waals surface area contributed by atoms with Crippen molar-refractivity contribution in [1.82, 2.24) is 0 Å². The fourth-order valence-electron chi connectivity index (χ4n) is 8.21. The molecule has 1 heteroatoms. The normalized spacial score (nSPS) is 57.0. The standard InChI is InChI=1S/C23H38O/c1-14(2)20-6-7-21-18-12-15(3)19-13-22(4,24)10-8-17(19)16(18)9-11-23(20,21)5/h15-21,24H,1,6-13H2,2-5H3/t15-,16-,17-,18-,19-,20-,21+,22+,23-/m1/s1. The molecule has 0 heterocycles. The number of rotatable bonds is 1. The highest BCUT2D eigenvalue weighted by Crippen LogP contribution is 2.66. The zero-order valence-corrected chi connectivity index (χ0v) is 16.4. The molecule has 0 aromatic heterocycles.